The molecule has 2 aliphatic rings. The van der Waals surface area contributed by atoms with Crippen LogP contribution >= 0.6 is 0 Å². The molecule has 1 heterocycles. The van der Waals surface area contributed by atoms with Crippen molar-refractivity contribution in [3.05, 3.63) is 0 Å². The third-order valence-corrected chi connectivity index (χ3v) is 4.63. The fourth-order valence-corrected chi connectivity index (χ4v) is 3.70. The van der Waals surface area contributed by atoms with Crippen LogP contribution in [0, 0.1) is 11.8 Å². The molecule has 0 spiro atoms. The first-order valence-electron chi connectivity index (χ1n) is 7.31. The minimum absolute atomic E-state index is 0.117. The number of carbonyl (C=O) groups excluding carboxylic acids is 2. The fraction of sp³-hybridized carbons (Fsp3) is 0.867. The number of fused-ring (bicyclic) bond motifs is 1. The summed E-state index contributed by atoms with van der Waals surface area (Å²) in [4.78, 5) is 25.6. The Kier molecular flexibility index (Phi) is 4.08. The van der Waals surface area contributed by atoms with Crippen molar-refractivity contribution in [2.75, 3.05) is 0 Å². The summed E-state index contributed by atoms with van der Waals surface area (Å²) in [6.07, 6.45) is 5.69. The highest BCUT2D eigenvalue weighted by molar-refractivity contribution is 5.84. The Labute approximate surface area is 110 Å². The van der Waals surface area contributed by atoms with Gasteiger partial charge in [0.2, 0.25) is 5.91 Å². The van der Waals surface area contributed by atoms with E-state index >= 15 is 0 Å². The van der Waals surface area contributed by atoms with Gasteiger partial charge < -0.3 is 9.69 Å². The van der Waals surface area contributed by atoms with E-state index in [-0.39, 0.29) is 11.7 Å². The molecule has 0 aromatic heterocycles. The molecule has 2 rings (SSSR count). The standard InChI is InChI=1S/C15H25NO2/c1-10(2)14-9-12-5-4-6-13(12)16(14)15(18)8-7-11(3)17/h10,12-14H,4-9H2,1-3H3. The first-order valence-corrected chi connectivity index (χ1v) is 7.31. The number of carbonyl (C=O) groups is 2. The third-order valence-electron chi connectivity index (χ3n) is 4.63. The molecule has 1 saturated heterocycles. The van der Waals surface area contributed by atoms with Crippen molar-refractivity contribution < 1.29 is 9.59 Å². The van der Waals surface area contributed by atoms with Crippen LogP contribution in [0.15, 0.2) is 0 Å². The van der Waals surface area contributed by atoms with Gasteiger partial charge in [0.25, 0.3) is 0 Å². The van der Waals surface area contributed by atoms with E-state index in [4.69, 9.17) is 0 Å². The molecule has 0 N–H and O–H groups in total. The SMILES string of the molecule is CC(=O)CCC(=O)N1C(C(C)C)CC2CCCC21. The first-order chi connectivity index (χ1) is 8.50. The monoisotopic (exact) mass is 251 g/mol. The van der Waals surface area contributed by atoms with E-state index in [0.717, 1.165) is 5.92 Å². The molecule has 0 bridgehead atoms. The van der Waals surface area contributed by atoms with Crippen molar-refractivity contribution in [3.63, 3.8) is 0 Å². The number of hydrogen-bond donors (Lipinski definition) is 0. The number of amides is 1. The predicted molar refractivity (Wildman–Crippen MR) is 71.1 cm³/mol. The second kappa shape index (κ2) is 5.41. The fourth-order valence-electron chi connectivity index (χ4n) is 3.70. The van der Waals surface area contributed by atoms with E-state index in [2.05, 4.69) is 18.7 Å². The molecule has 3 nitrogen and oxygen atoms in total. The van der Waals surface area contributed by atoms with Crippen LogP contribution in [0.1, 0.15) is 59.3 Å². The van der Waals surface area contributed by atoms with Crippen LogP contribution in [0.25, 0.3) is 0 Å². The lowest BCUT2D eigenvalue weighted by molar-refractivity contribution is -0.136. The molecule has 0 aromatic rings. The summed E-state index contributed by atoms with van der Waals surface area (Å²) < 4.78 is 0. The smallest absolute Gasteiger partial charge is 0.223 e. The van der Waals surface area contributed by atoms with Crippen molar-refractivity contribution in [2.24, 2.45) is 11.8 Å². The first kappa shape index (κ1) is 13.6. The van der Waals surface area contributed by atoms with Crippen molar-refractivity contribution in [3.8, 4) is 0 Å². The molecule has 1 aliphatic heterocycles. The van der Waals surface area contributed by atoms with Gasteiger partial charge in [0, 0.05) is 24.9 Å². The summed E-state index contributed by atoms with van der Waals surface area (Å²) in [6, 6.07) is 0.872. The van der Waals surface area contributed by atoms with Crippen LogP contribution in [0.3, 0.4) is 0 Å². The molecule has 102 valence electrons. The molecule has 18 heavy (non-hydrogen) atoms. The molecule has 1 aliphatic carbocycles. The van der Waals surface area contributed by atoms with E-state index in [9.17, 15) is 9.59 Å². The van der Waals surface area contributed by atoms with Crippen LogP contribution in [-0.2, 0) is 9.59 Å². The Morgan fingerprint density at radius 2 is 1.94 bits per heavy atom. The zero-order chi connectivity index (χ0) is 13.3. The molecule has 1 amide bonds. The van der Waals surface area contributed by atoms with Gasteiger partial charge in [-0.15, -0.1) is 0 Å². The summed E-state index contributed by atoms with van der Waals surface area (Å²) >= 11 is 0. The van der Waals surface area contributed by atoms with Crippen LogP contribution in [0.2, 0.25) is 0 Å². The molecule has 3 atom stereocenters. The van der Waals surface area contributed by atoms with Crippen LogP contribution < -0.4 is 0 Å². The number of rotatable bonds is 4. The van der Waals surface area contributed by atoms with Gasteiger partial charge in [-0.1, -0.05) is 20.3 Å². The second-order valence-electron chi connectivity index (χ2n) is 6.31. The molecule has 0 radical (unpaired) electrons. The predicted octanol–water partition coefficient (Wildman–Crippen LogP) is 2.78. The average molecular weight is 251 g/mol. The Bertz CT molecular complexity index is 337. The maximum absolute atomic E-state index is 12.4. The lowest BCUT2D eigenvalue weighted by Crippen LogP contribution is -2.43. The van der Waals surface area contributed by atoms with E-state index in [1.807, 2.05) is 0 Å². The maximum Gasteiger partial charge on any atom is 0.223 e. The Morgan fingerprint density at radius 1 is 1.22 bits per heavy atom. The quantitative estimate of drug-likeness (QED) is 0.770. The van der Waals surface area contributed by atoms with Crippen molar-refractivity contribution in [2.45, 2.75) is 71.4 Å². The van der Waals surface area contributed by atoms with Gasteiger partial charge in [-0.3, -0.25) is 4.79 Å². The Morgan fingerprint density at radius 3 is 2.56 bits per heavy atom. The van der Waals surface area contributed by atoms with Gasteiger partial charge >= 0.3 is 0 Å². The lowest BCUT2D eigenvalue weighted by atomic mass is 9.96. The molecule has 1 saturated carbocycles. The minimum Gasteiger partial charge on any atom is -0.336 e. The largest absolute Gasteiger partial charge is 0.336 e. The molecule has 3 unspecified atom stereocenters. The van der Waals surface area contributed by atoms with Crippen molar-refractivity contribution in [1.82, 2.24) is 4.90 Å². The van der Waals surface area contributed by atoms with Gasteiger partial charge in [0.15, 0.2) is 0 Å². The van der Waals surface area contributed by atoms with E-state index in [0.29, 0.717) is 30.8 Å². The van der Waals surface area contributed by atoms with Crippen LogP contribution in [0.4, 0.5) is 0 Å². The van der Waals surface area contributed by atoms with E-state index < -0.39 is 0 Å². The zero-order valence-electron chi connectivity index (χ0n) is 11.8. The maximum atomic E-state index is 12.4. The van der Waals surface area contributed by atoms with Crippen molar-refractivity contribution in [1.29, 1.82) is 0 Å². The summed E-state index contributed by atoms with van der Waals surface area (Å²) in [5, 5.41) is 0. The zero-order valence-corrected chi connectivity index (χ0v) is 11.8. The topological polar surface area (TPSA) is 37.4 Å². The molecule has 2 fully saturated rings. The third kappa shape index (κ3) is 2.60. The lowest BCUT2D eigenvalue weighted by Gasteiger charge is -2.32. The van der Waals surface area contributed by atoms with Gasteiger partial charge in [-0.2, -0.15) is 0 Å². The Hall–Kier alpha value is -0.860. The Balaban J connectivity index is 2.06. The molecule has 0 aromatic carbocycles. The summed E-state index contributed by atoms with van der Waals surface area (Å²) in [6.45, 7) is 5.98. The number of ketones is 1. The van der Waals surface area contributed by atoms with Crippen LogP contribution in [0.5, 0.6) is 0 Å². The van der Waals surface area contributed by atoms with Gasteiger partial charge in [-0.25, -0.2) is 0 Å². The average Bonchev–Trinajstić information content (AvgIpc) is 2.84. The number of hydrogen-bond acceptors (Lipinski definition) is 2. The molecular formula is C15H25NO2. The number of nitrogens with zero attached hydrogens (tertiary/aromatic N) is 1. The minimum atomic E-state index is 0.117. The van der Waals surface area contributed by atoms with Gasteiger partial charge in [-0.05, 0) is 38.0 Å². The highest BCUT2D eigenvalue weighted by Crippen LogP contribution is 2.43. The number of likely N-dealkylation sites (tertiary alicyclic amines) is 1. The molecule has 3 heteroatoms. The summed E-state index contributed by atoms with van der Waals surface area (Å²) in [5.74, 6) is 1.57. The van der Waals surface area contributed by atoms with Gasteiger partial charge in [0.1, 0.15) is 5.78 Å². The van der Waals surface area contributed by atoms with E-state index in [1.54, 1.807) is 6.92 Å². The van der Waals surface area contributed by atoms with Gasteiger partial charge in [0.05, 0.1) is 0 Å². The van der Waals surface area contributed by atoms with Crippen molar-refractivity contribution >= 4 is 11.7 Å². The second-order valence-corrected chi connectivity index (χ2v) is 6.31. The molecular weight excluding hydrogens is 226 g/mol. The number of Topliss-reactive ketones (excluding diaryl/α,β-unsaturated/α-hetero) is 1. The highest BCUT2D eigenvalue weighted by Gasteiger charge is 2.46. The summed E-state index contributed by atoms with van der Waals surface area (Å²) in [5.41, 5.74) is 0. The normalized spacial score (nSPS) is 30.9. The van der Waals surface area contributed by atoms with Crippen LogP contribution in [-0.4, -0.2) is 28.7 Å². The van der Waals surface area contributed by atoms with E-state index in [1.165, 1.54) is 25.7 Å². The highest BCUT2D eigenvalue weighted by atomic mass is 16.2. The summed E-state index contributed by atoms with van der Waals surface area (Å²) in [7, 11) is 0.